The molecular formula is C9H15N2+. The second-order valence-corrected chi connectivity index (χ2v) is 3.48. The molecule has 0 spiro atoms. The number of nitrogens with zero attached hydrogens (tertiary/aromatic N) is 1. The molecule has 2 heteroatoms. The second-order valence-electron chi connectivity index (χ2n) is 3.48. The van der Waals surface area contributed by atoms with E-state index in [9.17, 15) is 0 Å². The van der Waals surface area contributed by atoms with Crippen LogP contribution in [0.1, 0.15) is 25.7 Å². The molecule has 60 valence electrons. The van der Waals surface area contributed by atoms with E-state index in [2.05, 4.69) is 11.6 Å². The molecule has 1 heterocycles. The van der Waals surface area contributed by atoms with Crippen LogP contribution in [0.4, 0.5) is 0 Å². The Hall–Kier alpha value is -0.790. The van der Waals surface area contributed by atoms with Gasteiger partial charge in [-0.3, -0.25) is 0 Å². The molecule has 2 aliphatic rings. The number of hydrogen-bond acceptors (Lipinski definition) is 1. The fraction of sp³-hybridized carbons (Fsp3) is 0.667. The normalized spacial score (nSPS) is 24.5. The van der Waals surface area contributed by atoms with Gasteiger partial charge in [-0.05, 0) is 12.8 Å². The quantitative estimate of drug-likeness (QED) is 0.511. The van der Waals surface area contributed by atoms with E-state index in [1.54, 1.807) is 0 Å². The van der Waals surface area contributed by atoms with Crippen LogP contribution < -0.4 is 5.73 Å². The molecule has 0 radical (unpaired) electrons. The third-order valence-corrected chi connectivity index (χ3v) is 2.75. The van der Waals surface area contributed by atoms with Crippen LogP contribution >= 0.6 is 0 Å². The number of nitrogens with two attached hydrogens (primary N) is 1. The van der Waals surface area contributed by atoms with Gasteiger partial charge in [-0.15, -0.1) is 0 Å². The monoisotopic (exact) mass is 151 g/mol. The van der Waals surface area contributed by atoms with Gasteiger partial charge in [0, 0.05) is 24.1 Å². The van der Waals surface area contributed by atoms with Crippen LogP contribution in [0, 0.1) is 0 Å². The smallest absolute Gasteiger partial charge is 0.180 e. The first-order chi connectivity index (χ1) is 5.29. The first kappa shape index (κ1) is 6.89. The summed E-state index contributed by atoms with van der Waals surface area (Å²) in [5, 5.41) is 0. The SMILES string of the molecule is C[N+]1=C2CCCC2=C(N)CC1. The average molecular weight is 151 g/mol. The summed E-state index contributed by atoms with van der Waals surface area (Å²) in [5.74, 6) is 0. The van der Waals surface area contributed by atoms with Gasteiger partial charge in [0.15, 0.2) is 5.71 Å². The van der Waals surface area contributed by atoms with Gasteiger partial charge in [0.1, 0.15) is 13.6 Å². The zero-order chi connectivity index (χ0) is 7.84. The maximum atomic E-state index is 5.91. The summed E-state index contributed by atoms with van der Waals surface area (Å²) in [7, 11) is 2.17. The van der Waals surface area contributed by atoms with Crippen molar-refractivity contribution in [3.05, 3.63) is 11.3 Å². The van der Waals surface area contributed by atoms with Crippen LogP contribution in [0.15, 0.2) is 11.3 Å². The summed E-state index contributed by atoms with van der Waals surface area (Å²) in [6, 6.07) is 0. The minimum Gasteiger partial charge on any atom is -0.401 e. The summed E-state index contributed by atoms with van der Waals surface area (Å²) >= 11 is 0. The molecule has 0 unspecified atom stereocenters. The third-order valence-electron chi connectivity index (χ3n) is 2.75. The molecule has 0 bridgehead atoms. The van der Waals surface area contributed by atoms with E-state index in [0.29, 0.717) is 0 Å². The highest BCUT2D eigenvalue weighted by Gasteiger charge is 2.28. The molecule has 0 aromatic carbocycles. The number of rotatable bonds is 0. The van der Waals surface area contributed by atoms with Crippen molar-refractivity contribution in [2.24, 2.45) is 5.73 Å². The first-order valence-electron chi connectivity index (χ1n) is 4.34. The Morgan fingerprint density at radius 1 is 1.27 bits per heavy atom. The molecule has 0 saturated heterocycles. The van der Waals surface area contributed by atoms with Gasteiger partial charge in [-0.25, -0.2) is 4.58 Å². The largest absolute Gasteiger partial charge is 0.401 e. The van der Waals surface area contributed by atoms with E-state index in [4.69, 9.17) is 5.73 Å². The molecule has 1 aliphatic heterocycles. The Balaban J connectivity index is 2.45. The van der Waals surface area contributed by atoms with Crippen LogP contribution in [-0.4, -0.2) is 23.9 Å². The van der Waals surface area contributed by atoms with Crippen molar-refractivity contribution in [2.45, 2.75) is 25.7 Å². The highest BCUT2D eigenvalue weighted by Crippen LogP contribution is 2.26. The maximum Gasteiger partial charge on any atom is 0.180 e. The number of hydrogen-bond donors (Lipinski definition) is 1. The summed E-state index contributed by atoms with van der Waals surface area (Å²) in [4.78, 5) is 0. The van der Waals surface area contributed by atoms with Gasteiger partial charge in [-0.2, -0.15) is 0 Å². The molecule has 0 amide bonds. The van der Waals surface area contributed by atoms with Gasteiger partial charge < -0.3 is 5.73 Å². The lowest BCUT2D eigenvalue weighted by atomic mass is 10.1. The molecule has 0 aromatic heterocycles. The molecule has 2 nitrogen and oxygen atoms in total. The molecule has 2 rings (SSSR count). The summed E-state index contributed by atoms with van der Waals surface area (Å²) in [6.07, 6.45) is 4.82. The fourth-order valence-electron chi connectivity index (χ4n) is 2.07. The van der Waals surface area contributed by atoms with Gasteiger partial charge in [0.2, 0.25) is 0 Å². The first-order valence-corrected chi connectivity index (χ1v) is 4.34. The van der Waals surface area contributed by atoms with Crippen molar-refractivity contribution < 1.29 is 4.58 Å². The van der Waals surface area contributed by atoms with E-state index < -0.39 is 0 Å². The molecule has 2 N–H and O–H groups in total. The lowest BCUT2D eigenvalue weighted by Gasteiger charge is -2.11. The van der Waals surface area contributed by atoms with Crippen LogP contribution in [0.2, 0.25) is 0 Å². The Labute approximate surface area is 67.4 Å². The molecule has 0 aromatic rings. The van der Waals surface area contributed by atoms with Gasteiger partial charge >= 0.3 is 0 Å². The summed E-state index contributed by atoms with van der Waals surface area (Å²) in [5.41, 5.74) is 10.0. The van der Waals surface area contributed by atoms with Crippen molar-refractivity contribution in [2.75, 3.05) is 13.6 Å². The Morgan fingerprint density at radius 2 is 2.09 bits per heavy atom. The van der Waals surface area contributed by atoms with Gasteiger partial charge in [0.05, 0.1) is 0 Å². The fourth-order valence-corrected chi connectivity index (χ4v) is 2.07. The lowest BCUT2D eigenvalue weighted by Crippen LogP contribution is -2.25. The van der Waals surface area contributed by atoms with E-state index in [1.807, 2.05) is 0 Å². The highest BCUT2D eigenvalue weighted by molar-refractivity contribution is 5.99. The predicted molar refractivity (Wildman–Crippen MR) is 45.7 cm³/mol. The van der Waals surface area contributed by atoms with E-state index >= 15 is 0 Å². The molecule has 11 heavy (non-hydrogen) atoms. The van der Waals surface area contributed by atoms with E-state index in [-0.39, 0.29) is 0 Å². The number of fused-ring (bicyclic) bond motifs is 1. The minimum absolute atomic E-state index is 1.06. The second kappa shape index (κ2) is 2.36. The lowest BCUT2D eigenvalue weighted by molar-refractivity contribution is -0.498. The molecular weight excluding hydrogens is 136 g/mol. The summed E-state index contributed by atoms with van der Waals surface area (Å²) < 4.78 is 2.36. The minimum atomic E-state index is 1.06. The van der Waals surface area contributed by atoms with Crippen molar-refractivity contribution in [3.8, 4) is 0 Å². The van der Waals surface area contributed by atoms with Crippen LogP contribution in [0.3, 0.4) is 0 Å². The zero-order valence-corrected chi connectivity index (χ0v) is 7.06. The summed E-state index contributed by atoms with van der Waals surface area (Å²) in [6.45, 7) is 1.12. The van der Waals surface area contributed by atoms with Crippen LogP contribution in [-0.2, 0) is 0 Å². The predicted octanol–water partition coefficient (Wildman–Crippen LogP) is 0.870. The average Bonchev–Trinajstić information content (AvgIpc) is 2.45. The topological polar surface area (TPSA) is 29.0 Å². The molecule has 0 atom stereocenters. The zero-order valence-electron chi connectivity index (χ0n) is 7.06. The van der Waals surface area contributed by atoms with Crippen molar-refractivity contribution in [3.63, 3.8) is 0 Å². The van der Waals surface area contributed by atoms with Crippen molar-refractivity contribution in [1.82, 2.24) is 0 Å². The Kier molecular flexibility index (Phi) is 1.48. The van der Waals surface area contributed by atoms with Crippen molar-refractivity contribution >= 4 is 5.71 Å². The van der Waals surface area contributed by atoms with E-state index in [1.165, 1.54) is 30.5 Å². The molecule has 1 fully saturated rings. The number of allylic oxidation sites excluding steroid dienone is 1. The third kappa shape index (κ3) is 0.971. The standard InChI is InChI=1S/C9H14N2/c1-11-6-5-8(10)7-3-2-4-9(7)11/h10H,2-6H2,1H3/p+1. The Morgan fingerprint density at radius 3 is 2.82 bits per heavy atom. The Bertz CT molecular complexity index is 222. The van der Waals surface area contributed by atoms with Crippen LogP contribution in [0.5, 0.6) is 0 Å². The van der Waals surface area contributed by atoms with Gasteiger partial charge in [0.25, 0.3) is 0 Å². The van der Waals surface area contributed by atoms with Gasteiger partial charge in [-0.1, -0.05) is 0 Å². The van der Waals surface area contributed by atoms with E-state index in [0.717, 1.165) is 18.7 Å². The maximum absolute atomic E-state index is 5.91. The molecule has 1 saturated carbocycles. The van der Waals surface area contributed by atoms with Crippen molar-refractivity contribution in [1.29, 1.82) is 0 Å². The molecule has 1 aliphatic carbocycles. The van der Waals surface area contributed by atoms with Crippen LogP contribution in [0.25, 0.3) is 0 Å². The highest BCUT2D eigenvalue weighted by atomic mass is 15.0.